The second kappa shape index (κ2) is 4.55. The fourth-order valence-corrected chi connectivity index (χ4v) is 0.282. The number of nitriles is 2. The van der Waals surface area contributed by atoms with E-state index in [1.807, 2.05) is 0 Å². The molecule has 3 nitrogen and oxygen atoms in total. The molecule has 0 aromatic rings. The van der Waals surface area contributed by atoms with Crippen molar-refractivity contribution in [2.45, 2.75) is 6.42 Å². The first-order valence-corrected chi connectivity index (χ1v) is 2.29. The van der Waals surface area contributed by atoms with Gasteiger partial charge < -0.3 is 4.79 Å². The number of rotatable bonds is 2. The van der Waals surface area contributed by atoms with Gasteiger partial charge in [-0.25, -0.2) is 0 Å². The van der Waals surface area contributed by atoms with Crippen molar-refractivity contribution in [1.82, 2.24) is 0 Å². The van der Waals surface area contributed by atoms with Gasteiger partial charge in [0.05, 0.1) is 0 Å². The molecule has 0 aliphatic carbocycles. The van der Waals surface area contributed by atoms with Crippen molar-refractivity contribution in [2.24, 2.45) is 0 Å². The van der Waals surface area contributed by atoms with Crippen LogP contribution in [-0.2, 0) is 4.79 Å². The Hall–Kier alpha value is -1.61. The number of hydrogen-bond acceptors (Lipinski definition) is 3. The van der Waals surface area contributed by atoms with Crippen LogP contribution in [0.2, 0.25) is 0 Å². The van der Waals surface area contributed by atoms with Crippen molar-refractivity contribution in [2.75, 3.05) is 0 Å². The van der Waals surface area contributed by atoms with Crippen LogP contribution < -0.4 is 0 Å². The molecule has 0 atom stereocenters. The summed E-state index contributed by atoms with van der Waals surface area (Å²) in [5, 5.41) is 16.2. The summed E-state index contributed by atoms with van der Waals surface area (Å²) < 4.78 is 0. The van der Waals surface area contributed by atoms with E-state index in [1.54, 1.807) is 12.1 Å². The van der Waals surface area contributed by atoms with Crippen LogP contribution in [0.25, 0.3) is 0 Å². The third-order valence-electron chi connectivity index (χ3n) is 0.659. The fraction of sp³-hybridized carbons (Fsp3) is 0.167. The van der Waals surface area contributed by atoms with Crippen molar-refractivity contribution in [1.29, 1.82) is 10.5 Å². The summed E-state index contributed by atoms with van der Waals surface area (Å²) in [7, 11) is 0. The Morgan fingerprint density at radius 2 is 2.00 bits per heavy atom. The number of aldehydes is 1. The van der Waals surface area contributed by atoms with Crippen LogP contribution in [0.4, 0.5) is 0 Å². The zero-order chi connectivity index (χ0) is 7.11. The Kier molecular flexibility index (Phi) is 3.73. The summed E-state index contributed by atoms with van der Waals surface area (Å²) in [4.78, 5) is 9.68. The second-order valence-corrected chi connectivity index (χ2v) is 1.24. The molecule has 0 aromatic heterocycles. The van der Waals surface area contributed by atoms with E-state index in [4.69, 9.17) is 10.5 Å². The fourth-order valence-electron chi connectivity index (χ4n) is 0.282. The lowest BCUT2D eigenvalue weighted by Gasteiger charge is -1.74. The van der Waals surface area contributed by atoms with Crippen LogP contribution in [0.3, 0.4) is 0 Å². The van der Waals surface area contributed by atoms with Crippen LogP contribution in [-0.4, -0.2) is 6.29 Å². The Morgan fingerprint density at radius 1 is 1.44 bits per heavy atom. The van der Waals surface area contributed by atoms with Crippen LogP contribution in [0, 0.1) is 22.7 Å². The summed E-state index contributed by atoms with van der Waals surface area (Å²) in [5.41, 5.74) is -0.0119. The van der Waals surface area contributed by atoms with E-state index < -0.39 is 0 Å². The van der Waals surface area contributed by atoms with Gasteiger partial charge in [-0.2, -0.15) is 10.5 Å². The Morgan fingerprint density at radius 3 is 2.33 bits per heavy atom. The molecule has 0 heterocycles. The molecule has 0 N–H and O–H groups in total. The summed E-state index contributed by atoms with van der Waals surface area (Å²) in [6.07, 6.45) is 2.05. The molecule has 0 saturated carbocycles. The van der Waals surface area contributed by atoms with E-state index in [0.717, 1.165) is 0 Å². The summed E-state index contributed by atoms with van der Waals surface area (Å²) >= 11 is 0. The van der Waals surface area contributed by atoms with Gasteiger partial charge in [0, 0.05) is 6.42 Å². The molecular formula is C6H4N2O. The van der Waals surface area contributed by atoms with Gasteiger partial charge in [-0.15, -0.1) is 0 Å². The molecule has 0 radical (unpaired) electrons. The first-order chi connectivity index (χ1) is 4.35. The van der Waals surface area contributed by atoms with Gasteiger partial charge in [0.1, 0.15) is 24.0 Å². The first kappa shape index (κ1) is 7.39. The lowest BCUT2D eigenvalue weighted by atomic mass is 10.3. The zero-order valence-electron chi connectivity index (χ0n) is 4.66. The summed E-state index contributed by atoms with van der Waals surface area (Å²) in [6.45, 7) is 0. The highest BCUT2D eigenvalue weighted by Crippen LogP contribution is 1.89. The normalized spacial score (nSPS) is 6.44. The molecule has 44 valence electrons. The molecule has 0 fully saturated rings. The monoisotopic (exact) mass is 120 g/mol. The average molecular weight is 120 g/mol. The molecule has 0 rings (SSSR count). The Bertz CT molecular complexity index is 188. The molecule has 0 amide bonds. The molecule has 0 aliphatic heterocycles. The third-order valence-corrected chi connectivity index (χ3v) is 0.659. The minimum absolute atomic E-state index is 0.0119. The Labute approximate surface area is 52.8 Å². The molecule has 3 heteroatoms. The lowest BCUT2D eigenvalue weighted by molar-refractivity contribution is -0.107. The van der Waals surface area contributed by atoms with Gasteiger partial charge in [0.15, 0.2) is 0 Å². The van der Waals surface area contributed by atoms with Crippen molar-refractivity contribution in [3.05, 3.63) is 11.6 Å². The van der Waals surface area contributed by atoms with Crippen molar-refractivity contribution >= 4 is 6.29 Å². The molecular weight excluding hydrogens is 116 g/mol. The minimum atomic E-state index is -0.0119. The molecule has 0 bridgehead atoms. The van der Waals surface area contributed by atoms with Gasteiger partial charge in [-0.3, -0.25) is 0 Å². The number of carbonyl (C=O) groups is 1. The molecule has 0 spiro atoms. The minimum Gasteiger partial charge on any atom is -0.303 e. The van der Waals surface area contributed by atoms with Crippen LogP contribution in [0.5, 0.6) is 0 Å². The van der Waals surface area contributed by atoms with E-state index in [1.165, 1.54) is 6.08 Å². The number of nitrogens with zero attached hydrogens (tertiary/aromatic N) is 2. The predicted octanol–water partition coefficient (Wildman–Crippen LogP) is 0.549. The van der Waals surface area contributed by atoms with Gasteiger partial charge in [-0.05, 0) is 6.08 Å². The molecule has 9 heavy (non-hydrogen) atoms. The van der Waals surface area contributed by atoms with Crippen LogP contribution >= 0.6 is 0 Å². The summed E-state index contributed by atoms with van der Waals surface area (Å²) in [6, 6.07) is 3.26. The molecule has 0 aliphatic rings. The quantitative estimate of drug-likeness (QED) is 0.394. The highest BCUT2D eigenvalue weighted by Gasteiger charge is 1.86. The molecule has 0 saturated heterocycles. The summed E-state index contributed by atoms with van der Waals surface area (Å²) in [5.74, 6) is 0. The van der Waals surface area contributed by atoms with Gasteiger partial charge >= 0.3 is 0 Å². The van der Waals surface area contributed by atoms with E-state index in [2.05, 4.69) is 0 Å². The number of hydrogen-bond donors (Lipinski definition) is 0. The predicted molar refractivity (Wildman–Crippen MR) is 30.0 cm³/mol. The molecule has 0 aromatic carbocycles. The smallest absolute Gasteiger partial charge is 0.126 e. The SMILES string of the molecule is N#CC(C#N)=CCC=O. The van der Waals surface area contributed by atoms with Gasteiger partial charge in [0.2, 0.25) is 0 Å². The number of carbonyl (C=O) groups excluding carboxylic acids is 1. The third kappa shape index (κ3) is 3.02. The van der Waals surface area contributed by atoms with Crippen LogP contribution in [0.15, 0.2) is 11.6 Å². The zero-order valence-corrected chi connectivity index (χ0v) is 4.66. The maximum Gasteiger partial charge on any atom is 0.126 e. The van der Waals surface area contributed by atoms with E-state index in [-0.39, 0.29) is 12.0 Å². The topological polar surface area (TPSA) is 64.7 Å². The van der Waals surface area contributed by atoms with Crippen molar-refractivity contribution < 1.29 is 4.79 Å². The first-order valence-electron chi connectivity index (χ1n) is 2.29. The standard InChI is InChI=1S/C6H4N2O/c7-4-6(5-8)2-1-3-9/h2-3H,1H2. The van der Waals surface area contributed by atoms with Crippen molar-refractivity contribution in [3.8, 4) is 12.1 Å². The van der Waals surface area contributed by atoms with E-state index in [9.17, 15) is 4.79 Å². The maximum atomic E-state index is 9.68. The maximum absolute atomic E-state index is 9.68. The van der Waals surface area contributed by atoms with E-state index >= 15 is 0 Å². The average Bonchev–Trinajstić information content (AvgIpc) is 1.91. The number of allylic oxidation sites excluding steroid dienone is 2. The van der Waals surface area contributed by atoms with Crippen molar-refractivity contribution in [3.63, 3.8) is 0 Å². The second-order valence-electron chi connectivity index (χ2n) is 1.24. The Balaban J connectivity index is 4.00. The van der Waals surface area contributed by atoms with E-state index in [0.29, 0.717) is 6.29 Å². The van der Waals surface area contributed by atoms with Crippen LogP contribution in [0.1, 0.15) is 6.42 Å². The highest BCUT2D eigenvalue weighted by atomic mass is 16.1. The largest absolute Gasteiger partial charge is 0.303 e. The molecule has 0 unspecified atom stereocenters. The lowest BCUT2D eigenvalue weighted by Crippen LogP contribution is -1.72. The highest BCUT2D eigenvalue weighted by molar-refractivity contribution is 5.54. The van der Waals surface area contributed by atoms with Gasteiger partial charge in [0.25, 0.3) is 0 Å². The van der Waals surface area contributed by atoms with Gasteiger partial charge in [-0.1, -0.05) is 0 Å².